The van der Waals surface area contributed by atoms with Gasteiger partial charge in [0.2, 0.25) is 0 Å². The molecule has 5 heteroatoms. The first kappa shape index (κ1) is 46.9. The van der Waals surface area contributed by atoms with Crippen molar-refractivity contribution in [1.29, 1.82) is 0 Å². The van der Waals surface area contributed by atoms with E-state index in [4.69, 9.17) is 0 Å². The summed E-state index contributed by atoms with van der Waals surface area (Å²) in [6.07, 6.45) is 8.50. The molecule has 3 aromatic carbocycles. The summed E-state index contributed by atoms with van der Waals surface area (Å²) in [6, 6.07) is 23.1. The zero-order chi connectivity index (χ0) is 32.5. The summed E-state index contributed by atoms with van der Waals surface area (Å²) < 4.78 is 0. The van der Waals surface area contributed by atoms with Gasteiger partial charge in [-0.25, -0.2) is 10.8 Å². The van der Waals surface area contributed by atoms with Crippen molar-refractivity contribution >= 4 is 60.9 Å². The number of benzene rings is 3. The van der Waals surface area contributed by atoms with E-state index >= 15 is 0 Å². The fourth-order valence-electron chi connectivity index (χ4n) is 6.80. The zero-order valence-electron chi connectivity index (χ0n) is 31.9. The normalized spacial score (nSPS) is 13.0. The van der Waals surface area contributed by atoms with Gasteiger partial charge in [-0.05, 0) is 84.4 Å². The van der Waals surface area contributed by atoms with E-state index in [0.717, 1.165) is 12.8 Å². The smallest absolute Gasteiger partial charge is 0.144 e. The average molecular weight is 761 g/mol. The first-order valence-electron chi connectivity index (χ1n) is 17.5. The molecule has 0 fully saturated rings. The molecule has 48 heavy (non-hydrogen) atoms. The van der Waals surface area contributed by atoms with Crippen LogP contribution in [0.4, 0.5) is 0 Å². The van der Waals surface area contributed by atoms with Crippen LogP contribution >= 0.6 is 37.2 Å². The molecule has 0 atom stereocenters. The molecule has 0 amide bonds. The van der Waals surface area contributed by atoms with Gasteiger partial charge in [-0.1, -0.05) is 151 Å². The predicted molar refractivity (Wildman–Crippen MR) is 220 cm³/mol. The van der Waals surface area contributed by atoms with Gasteiger partial charge in [0, 0.05) is 21.7 Å². The molecule has 0 spiro atoms. The summed E-state index contributed by atoms with van der Waals surface area (Å²) in [5.41, 5.74) is 10.2. The van der Waals surface area contributed by atoms with Crippen LogP contribution in [-0.2, 0) is 21.7 Å². The molecule has 0 radical (unpaired) electrons. The Kier molecular flexibility index (Phi) is 19.1. The maximum Gasteiger partial charge on any atom is 0.144 e. The minimum absolute atomic E-state index is 0. The van der Waals surface area contributed by atoms with Crippen LogP contribution in [0.5, 0.6) is 0 Å². The van der Waals surface area contributed by atoms with Crippen LogP contribution in [-0.4, -0.2) is 8.07 Å². The van der Waals surface area contributed by atoms with Gasteiger partial charge >= 0.3 is 0 Å². The van der Waals surface area contributed by atoms with Gasteiger partial charge in [0.15, 0.2) is 0 Å². The third kappa shape index (κ3) is 9.63. The zero-order valence-corrected chi connectivity index (χ0v) is 36.9. The Hall–Kier alpha value is -1.06. The standard InChI is InChI=1S/C43H59Si.3ClH.Ti/c1-14-33-16-15-17-43(33)44(40-21-34(27(2)3)18-35(22-40)28(4)5,41-23-36(29(6)7)19-37(24-41)30(8)9)42-25-38(31(10)11)20-39(26-42)32(12)13;;;;/h16,18-32H,14-15H2,1-13H3;3*1H;/q-1;;;;. The summed E-state index contributed by atoms with van der Waals surface area (Å²) in [5, 5.41) is 6.09. The predicted octanol–water partition coefficient (Wildman–Crippen LogP) is 12.2. The van der Waals surface area contributed by atoms with Crippen molar-refractivity contribution in [1.82, 2.24) is 0 Å². The Bertz CT molecular complexity index is 1310. The van der Waals surface area contributed by atoms with Crippen molar-refractivity contribution < 1.29 is 21.7 Å². The van der Waals surface area contributed by atoms with Crippen molar-refractivity contribution in [3.05, 3.63) is 111 Å². The Morgan fingerprint density at radius 1 is 0.479 bits per heavy atom. The molecule has 4 rings (SSSR count). The fraction of sp³-hybridized carbons (Fsp3) is 0.488. The number of hydrogen-bond acceptors (Lipinski definition) is 0. The van der Waals surface area contributed by atoms with Crippen LogP contribution in [0, 0.1) is 6.08 Å². The maximum atomic E-state index is 4.07. The van der Waals surface area contributed by atoms with Crippen molar-refractivity contribution in [2.75, 3.05) is 0 Å². The molecule has 0 nitrogen and oxygen atoms in total. The van der Waals surface area contributed by atoms with E-state index in [-0.39, 0.29) is 58.9 Å². The van der Waals surface area contributed by atoms with Gasteiger partial charge in [-0.15, -0.1) is 43.6 Å². The van der Waals surface area contributed by atoms with Crippen LogP contribution in [0.25, 0.3) is 0 Å². The molecule has 3 aromatic rings. The van der Waals surface area contributed by atoms with Crippen LogP contribution in [0.2, 0.25) is 0 Å². The Balaban J connectivity index is 0.00000552. The van der Waals surface area contributed by atoms with E-state index in [1.165, 1.54) is 59.7 Å². The van der Waals surface area contributed by atoms with Gasteiger partial charge in [-0.3, -0.25) is 6.08 Å². The largest absolute Gasteiger partial charge is 0.272 e. The van der Waals surface area contributed by atoms with Crippen LogP contribution in [0.1, 0.15) is 172 Å². The molecule has 1 aliphatic rings. The van der Waals surface area contributed by atoms with Crippen molar-refractivity contribution in [2.45, 2.75) is 138 Å². The second kappa shape index (κ2) is 19.5. The molecule has 0 bridgehead atoms. The topological polar surface area (TPSA) is 0 Å². The quantitative estimate of drug-likeness (QED) is 0.104. The Morgan fingerprint density at radius 2 is 0.729 bits per heavy atom. The summed E-state index contributed by atoms with van der Waals surface area (Å²) in [4.78, 5) is 0. The molecule has 0 saturated heterocycles. The first-order chi connectivity index (χ1) is 20.7. The summed E-state index contributed by atoms with van der Waals surface area (Å²) in [5.74, 6) is 2.77. The minimum atomic E-state index is -2.80. The van der Waals surface area contributed by atoms with Gasteiger partial charge in [-0.2, -0.15) is 6.08 Å². The first-order valence-corrected chi connectivity index (χ1v) is 19.5. The van der Waals surface area contributed by atoms with Crippen molar-refractivity contribution in [3.63, 3.8) is 0 Å². The fourth-order valence-corrected chi connectivity index (χ4v) is 12.1. The molecule has 0 aliphatic heterocycles. The number of hydrogen-bond donors (Lipinski definition) is 0. The van der Waals surface area contributed by atoms with Gasteiger partial charge < -0.3 is 0 Å². The summed E-state index contributed by atoms with van der Waals surface area (Å²) in [6.45, 7) is 30.6. The molecule has 264 valence electrons. The second-order valence-corrected chi connectivity index (χ2v) is 18.9. The van der Waals surface area contributed by atoms with E-state index < -0.39 is 8.07 Å². The average Bonchev–Trinajstić information content (AvgIpc) is 3.46. The number of allylic oxidation sites excluding steroid dienone is 4. The van der Waals surface area contributed by atoms with Gasteiger partial charge in [0.25, 0.3) is 0 Å². The molecule has 0 heterocycles. The second-order valence-electron chi connectivity index (χ2n) is 15.2. The molecule has 0 unspecified atom stereocenters. The number of rotatable bonds is 11. The third-order valence-electron chi connectivity index (χ3n) is 9.94. The van der Waals surface area contributed by atoms with Gasteiger partial charge in [0.05, 0.1) is 0 Å². The molecule has 0 saturated carbocycles. The van der Waals surface area contributed by atoms with Crippen LogP contribution in [0.3, 0.4) is 0 Å². The Labute approximate surface area is 329 Å². The molecule has 0 aromatic heterocycles. The summed E-state index contributed by atoms with van der Waals surface area (Å²) in [7, 11) is -2.80. The van der Waals surface area contributed by atoms with Crippen molar-refractivity contribution in [3.8, 4) is 0 Å². The van der Waals surface area contributed by atoms with E-state index in [0.29, 0.717) is 35.5 Å². The van der Waals surface area contributed by atoms with E-state index in [9.17, 15) is 0 Å². The molecular weight excluding hydrogens is 699 g/mol. The SMILES string of the molecule is CCC1=CC[C-]=C1[Si](c1cc(C(C)C)cc(C(C)C)c1)(c1cc(C(C)C)cc(C(C)C)c1)c1cc(C(C)C)cc(C(C)C)c1.Cl.Cl.Cl.[Ti]. The van der Waals surface area contributed by atoms with E-state index in [1.807, 2.05) is 0 Å². The van der Waals surface area contributed by atoms with Crippen LogP contribution in [0.15, 0.2) is 71.4 Å². The summed E-state index contributed by atoms with van der Waals surface area (Å²) >= 11 is 0. The van der Waals surface area contributed by atoms with Crippen LogP contribution < -0.4 is 15.6 Å². The molecular formula is C43H62Cl3SiTi-. The minimum Gasteiger partial charge on any atom is -0.272 e. The maximum absolute atomic E-state index is 4.07. The van der Waals surface area contributed by atoms with Crippen molar-refractivity contribution in [2.24, 2.45) is 0 Å². The Morgan fingerprint density at radius 3 is 0.938 bits per heavy atom. The van der Waals surface area contributed by atoms with E-state index in [2.05, 4.69) is 157 Å². The van der Waals surface area contributed by atoms with E-state index in [1.54, 1.807) is 0 Å². The third-order valence-corrected chi connectivity index (χ3v) is 14.6. The monoisotopic (exact) mass is 759 g/mol. The molecule has 0 N–H and O–H groups in total. The molecule has 1 aliphatic carbocycles. The number of halogens is 3. The van der Waals surface area contributed by atoms with Gasteiger partial charge in [0.1, 0.15) is 8.07 Å².